The number of carbonyl (C=O) groups excluding carboxylic acids is 1. The van der Waals surface area contributed by atoms with E-state index in [0.29, 0.717) is 17.9 Å². The molecule has 18 heavy (non-hydrogen) atoms. The Balaban J connectivity index is 2.11. The first-order valence-corrected chi connectivity index (χ1v) is 6.28. The quantitative estimate of drug-likeness (QED) is 0.811. The molecule has 0 N–H and O–H groups in total. The van der Waals surface area contributed by atoms with Crippen LogP contribution in [0.1, 0.15) is 21.6 Å². The van der Waals surface area contributed by atoms with Crippen LogP contribution in [-0.2, 0) is 6.61 Å². The molecule has 2 rings (SSSR count). The smallest absolute Gasteiger partial charge is 0.150 e. The number of halogens is 1. The van der Waals surface area contributed by atoms with Crippen molar-refractivity contribution in [3.05, 3.63) is 57.8 Å². The Hall–Kier alpha value is -1.68. The van der Waals surface area contributed by atoms with Crippen LogP contribution in [-0.4, -0.2) is 11.3 Å². The number of pyridine rings is 1. The summed E-state index contributed by atoms with van der Waals surface area (Å²) >= 11 is 3.38. The van der Waals surface area contributed by atoms with E-state index in [9.17, 15) is 4.79 Å². The second-order valence-electron chi connectivity index (χ2n) is 3.86. The minimum absolute atomic E-state index is 0.408. The Morgan fingerprint density at radius 2 is 2.22 bits per heavy atom. The van der Waals surface area contributed by atoms with Crippen LogP contribution < -0.4 is 4.74 Å². The van der Waals surface area contributed by atoms with Gasteiger partial charge in [-0.3, -0.25) is 9.78 Å². The number of benzene rings is 1. The van der Waals surface area contributed by atoms with E-state index < -0.39 is 0 Å². The third-order valence-electron chi connectivity index (χ3n) is 2.57. The molecule has 1 aromatic carbocycles. The Kier molecular flexibility index (Phi) is 4.10. The minimum atomic E-state index is 0.408. The first-order valence-electron chi connectivity index (χ1n) is 5.48. The molecule has 0 radical (unpaired) electrons. The molecule has 0 aliphatic carbocycles. The predicted octanol–water partition coefficient (Wildman–Crippen LogP) is 3.54. The Bertz CT molecular complexity index is 569. The van der Waals surface area contributed by atoms with Gasteiger partial charge in [0.25, 0.3) is 0 Å². The van der Waals surface area contributed by atoms with Gasteiger partial charge in [-0.05, 0) is 52.7 Å². The molecule has 0 aliphatic rings. The molecule has 92 valence electrons. The zero-order valence-electron chi connectivity index (χ0n) is 9.89. The predicted molar refractivity (Wildman–Crippen MR) is 72.8 cm³/mol. The molecule has 2 aromatic rings. The van der Waals surface area contributed by atoms with Gasteiger partial charge in [0.15, 0.2) is 0 Å². The number of carbonyl (C=O) groups is 1. The van der Waals surface area contributed by atoms with Crippen molar-refractivity contribution in [1.82, 2.24) is 4.98 Å². The second kappa shape index (κ2) is 5.78. The van der Waals surface area contributed by atoms with Crippen LogP contribution in [0.15, 0.2) is 41.0 Å². The fourth-order valence-corrected chi connectivity index (χ4v) is 2.03. The van der Waals surface area contributed by atoms with Crippen LogP contribution in [0, 0.1) is 6.92 Å². The van der Waals surface area contributed by atoms with Gasteiger partial charge >= 0.3 is 0 Å². The molecule has 0 fully saturated rings. The van der Waals surface area contributed by atoms with Gasteiger partial charge < -0.3 is 4.74 Å². The van der Waals surface area contributed by atoms with E-state index in [1.807, 2.05) is 19.1 Å². The highest BCUT2D eigenvalue weighted by Crippen LogP contribution is 2.26. The highest BCUT2D eigenvalue weighted by molar-refractivity contribution is 9.10. The van der Waals surface area contributed by atoms with Crippen LogP contribution in [0.25, 0.3) is 0 Å². The van der Waals surface area contributed by atoms with Gasteiger partial charge in [0.1, 0.15) is 18.6 Å². The molecule has 1 heterocycles. The number of rotatable bonds is 4. The lowest BCUT2D eigenvalue weighted by molar-refractivity contribution is 0.112. The summed E-state index contributed by atoms with van der Waals surface area (Å²) in [5.74, 6) is 0.700. The van der Waals surface area contributed by atoms with Gasteiger partial charge in [0.2, 0.25) is 0 Å². The number of hydrogen-bond acceptors (Lipinski definition) is 3. The summed E-state index contributed by atoms with van der Waals surface area (Å²) in [7, 11) is 0. The molecule has 0 aliphatic heterocycles. The number of aldehydes is 1. The normalized spacial score (nSPS) is 10.1. The van der Waals surface area contributed by atoms with Crippen LogP contribution >= 0.6 is 15.9 Å². The number of hydrogen-bond donors (Lipinski definition) is 0. The van der Waals surface area contributed by atoms with Gasteiger partial charge in [-0.1, -0.05) is 6.07 Å². The summed E-state index contributed by atoms with van der Waals surface area (Å²) in [6.45, 7) is 2.40. The number of aromatic nitrogens is 1. The Morgan fingerprint density at radius 3 is 2.89 bits per heavy atom. The summed E-state index contributed by atoms with van der Waals surface area (Å²) in [6.07, 6.45) is 2.55. The van der Waals surface area contributed by atoms with Crippen molar-refractivity contribution < 1.29 is 9.53 Å². The Morgan fingerprint density at radius 1 is 1.39 bits per heavy atom. The van der Waals surface area contributed by atoms with E-state index in [0.717, 1.165) is 22.0 Å². The van der Waals surface area contributed by atoms with Gasteiger partial charge in [-0.15, -0.1) is 0 Å². The van der Waals surface area contributed by atoms with Gasteiger partial charge in [0.05, 0.1) is 10.2 Å². The SMILES string of the molecule is Cc1cccnc1COc1ccc(C=O)cc1Br. The number of nitrogens with zero attached hydrogens (tertiary/aromatic N) is 1. The molecular weight excluding hydrogens is 294 g/mol. The molecule has 0 atom stereocenters. The molecule has 0 saturated heterocycles. The third-order valence-corrected chi connectivity index (χ3v) is 3.19. The first-order chi connectivity index (χ1) is 8.70. The van der Waals surface area contributed by atoms with Crippen LogP contribution in [0.5, 0.6) is 5.75 Å². The van der Waals surface area contributed by atoms with Gasteiger partial charge in [-0.2, -0.15) is 0 Å². The molecule has 0 saturated carbocycles. The van der Waals surface area contributed by atoms with Crippen molar-refractivity contribution in [3.63, 3.8) is 0 Å². The van der Waals surface area contributed by atoms with E-state index in [-0.39, 0.29) is 0 Å². The monoisotopic (exact) mass is 305 g/mol. The summed E-state index contributed by atoms with van der Waals surface area (Å²) in [6, 6.07) is 9.11. The maximum Gasteiger partial charge on any atom is 0.150 e. The van der Waals surface area contributed by atoms with Crippen molar-refractivity contribution in [2.24, 2.45) is 0 Å². The van der Waals surface area contributed by atoms with E-state index >= 15 is 0 Å². The zero-order valence-corrected chi connectivity index (χ0v) is 11.5. The molecule has 0 amide bonds. The van der Waals surface area contributed by atoms with Crippen LogP contribution in [0.2, 0.25) is 0 Å². The number of ether oxygens (including phenoxy) is 1. The second-order valence-corrected chi connectivity index (χ2v) is 4.72. The molecule has 0 bridgehead atoms. The largest absolute Gasteiger partial charge is 0.486 e. The van der Waals surface area contributed by atoms with Crippen LogP contribution in [0.3, 0.4) is 0 Å². The highest BCUT2D eigenvalue weighted by atomic mass is 79.9. The molecule has 0 spiro atoms. The van der Waals surface area contributed by atoms with E-state index in [4.69, 9.17) is 4.74 Å². The maximum absolute atomic E-state index is 10.6. The van der Waals surface area contributed by atoms with E-state index in [2.05, 4.69) is 20.9 Å². The lowest BCUT2D eigenvalue weighted by Gasteiger charge is -2.09. The summed E-state index contributed by atoms with van der Waals surface area (Å²) in [5.41, 5.74) is 2.62. The molecule has 0 unspecified atom stereocenters. The average molecular weight is 306 g/mol. The van der Waals surface area contributed by atoms with Crippen molar-refractivity contribution in [2.75, 3.05) is 0 Å². The molecule has 3 nitrogen and oxygen atoms in total. The topological polar surface area (TPSA) is 39.2 Å². The first kappa shape index (κ1) is 12.8. The van der Waals surface area contributed by atoms with Crippen molar-refractivity contribution >= 4 is 22.2 Å². The van der Waals surface area contributed by atoms with E-state index in [1.165, 1.54) is 0 Å². The van der Waals surface area contributed by atoms with Gasteiger partial charge in [0, 0.05) is 11.8 Å². The number of aryl methyl sites for hydroxylation is 1. The lowest BCUT2D eigenvalue weighted by Crippen LogP contribution is -2.01. The molecular formula is C14H12BrNO2. The van der Waals surface area contributed by atoms with Gasteiger partial charge in [-0.25, -0.2) is 0 Å². The summed E-state index contributed by atoms with van der Waals surface area (Å²) in [5, 5.41) is 0. The Labute approximate surface area is 114 Å². The molecule has 1 aromatic heterocycles. The standard InChI is InChI=1S/C14H12BrNO2/c1-10-3-2-6-16-13(10)9-18-14-5-4-11(8-17)7-12(14)15/h2-8H,9H2,1H3. The summed E-state index contributed by atoms with van der Waals surface area (Å²) in [4.78, 5) is 14.9. The van der Waals surface area contributed by atoms with Crippen molar-refractivity contribution in [3.8, 4) is 5.75 Å². The lowest BCUT2D eigenvalue weighted by atomic mass is 10.2. The van der Waals surface area contributed by atoms with Crippen LogP contribution in [0.4, 0.5) is 0 Å². The molecule has 4 heteroatoms. The van der Waals surface area contributed by atoms with Crippen molar-refractivity contribution in [2.45, 2.75) is 13.5 Å². The zero-order chi connectivity index (χ0) is 13.0. The fraction of sp³-hybridized carbons (Fsp3) is 0.143. The average Bonchev–Trinajstić information content (AvgIpc) is 2.39. The minimum Gasteiger partial charge on any atom is -0.486 e. The summed E-state index contributed by atoms with van der Waals surface area (Å²) < 4.78 is 6.44. The highest BCUT2D eigenvalue weighted by Gasteiger charge is 2.04. The third kappa shape index (κ3) is 2.96. The van der Waals surface area contributed by atoms with Crippen molar-refractivity contribution in [1.29, 1.82) is 0 Å². The maximum atomic E-state index is 10.6. The fourth-order valence-electron chi connectivity index (χ4n) is 1.52. The van der Waals surface area contributed by atoms with E-state index in [1.54, 1.807) is 24.4 Å².